The molecular formula is C18H21NO5S2. The van der Waals surface area contributed by atoms with Gasteiger partial charge in [-0.2, -0.15) is 0 Å². The maximum Gasteiger partial charge on any atom is 0.349 e. The van der Waals surface area contributed by atoms with E-state index in [9.17, 15) is 14.4 Å². The van der Waals surface area contributed by atoms with Gasteiger partial charge < -0.3 is 14.8 Å². The van der Waals surface area contributed by atoms with Crippen molar-refractivity contribution in [2.45, 2.75) is 34.1 Å². The van der Waals surface area contributed by atoms with E-state index < -0.39 is 24.5 Å². The zero-order chi connectivity index (χ0) is 19.3. The predicted octanol–water partition coefficient (Wildman–Crippen LogP) is 3.96. The number of amides is 1. The number of carbonyl (C=O) groups excluding carboxylic acids is 3. The summed E-state index contributed by atoms with van der Waals surface area (Å²) in [6.45, 7) is 7.20. The molecule has 0 unspecified atom stereocenters. The van der Waals surface area contributed by atoms with Gasteiger partial charge in [-0.25, -0.2) is 9.59 Å². The molecule has 1 N–H and O–H groups in total. The molecule has 26 heavy (non-hydrogen) atoms. The topological polar surface area (TPSA) is 81.7 Å². The highest BCUT2D eigenvalue weighted by Crippen LogP contribution is 2.34. The molecule has 2 rings (SSSR count). The van der Waals surface area contributed by atoms with Crippen molar-refractivity contribution in [1.29, 1.82) is 0 Å². The smallest absolute Gasteiger partial charge is 0.349 e. The molecule has 0 atom stereocenters. The monoisotopic (exact) mass is 395 g/mol. The number of ether oxygens (including phenoxy) is 2. The zero-order valence-electron chi connectivity index (χ0n) is 15.1. The molecule has 1 amide bonds. The van der Waals surface area contributed by atoms with E-state index in [4.69, 9.17) is 9.47 Å². The minimum atomic E-state index is -0.533. The fourth-order valence-electron chi connectivity index (χ4n) is 2.45. The minimum Gasteiger partial charge on any atom is -0.462 e. The third kappa shape index (κ3) is 4.50. The number of thiophene rings is 2. The van der Waals surface area contributed by atoms with E-state index >= 15 is 0 Å². The first-order valence-electron chi connectivity index (χ1n) is 8.19. The van der Waals surface area contributed by atoms with Crippen LogP contribution in [0.3, 0.4) is 0 Å². The zero-order valence-corrected chi connectivity index (χ0v) is 16.8. The Labute approximate surface area is 160 Å². The van der Waals surface area contributed by atoms with Crippen molar-refractivity contribution in [1.82, 2.24) is 0 Å². The second-order valence-electron chi connectivity index (χ2n) is 5.47. The van der Waals surface area contributed by atoms with E-state index in [1.807, 2.05) is 19.9 Å². The fraction of sp³-hybridized carbons (Fsp3) is 0.389. The van der Waals surface area contributed by atoms with Gasteiger partial charge in [0.05, 0.1) is 12.2 Å². The van der Waals surface area contributed by atoms with Crippen LogP contribution in [0.1, 0.15) is 49.9 Å². The van der Waals surface area contributed by atoms with Crippen molar-refractivity contribution in [2.24, 2.45) is 0 Å². The van der Waals surface area contributed by atoms with Crippen molar-refractivity contribution in [3.05, 3.63) is 37.9 Å². The van der Waals surface area contributed by atoms with E-state index in [0.29, 0.717) is 21.9 Å². The maximum atomic E-state index is 12.2. The Morgan fingerprint density at radius 1 is 1.12 bits per heavy atom. The summed E-state index contributed by atoms with van der Waals surface area (Å²) < 4.78 is 10.2. The number of hydrogen-bond donors (Lipinski definition) is 1. The number of anilines is 1. The molecule has 0 fully saturated rings. The van der Waals surface area contributed by atoms with E-state index in [2.05, 4.69) is 5.32 Å². The largest absolute Gasteiger partial charge is 0.462 e. The molecule has 0 radical (unpaired) electrons. The summed E-state index contributed by atoms with van der Waals surface area (Å²) in [6, 6.07) is 1.81. The Balaban J connectivity index is 2.08. The van der Waals surface area contributed by atoms with Crippen LogP contribution in [0.15, 0.2) is 11.4 Å². The Morgan fingerprint density at radius 2 is 1.85 bits per heavy atom. The number of nitrogens with one attached hydrogen (secondary N) is 1. The van der Waals surface area contributed by atoms with Crippen molar-refractivity contribution < 1.29 is 23.9 Å². The molecule has 2 heterocycles. The first-order valence-corrected chi connectivity index (χ1v) is 9.89. The Morgan fingerprint density at radius 3 is 2.42 bits per heavy atom. The average Bonchev–Trinajstić information content (AvgIpc) is 3.15. The second-order valence-corrected chi connectivity index (χ2v) is 7.61. The molecule has 0 spiro atoms. The predicted molar refractivity (Wildman–Crippen MR) is 102 cm³/mol. The van der Waals surface area contributed by atoms with Crippen LogP contribution in [0.25, 0.3) is 0 Å². The van der Waals surface area contributed by atoms with Gasteiger partial charge in [-0.05, 0) is 49.8 Å². The molecule has 0 aliphatic carbocycles. The van der Waals surface area contributed by atoms with Crippen LogP contribution in [0.5, 0.6) is 0 Å². The summed E-state index contributed by atoms with van der Waals surface area (Å²) in [5.41, 5.74) is 2.05. The highest BCUT2D eigenvalue weighted by Gasteiger charge is 2.24. The maximum absolute atomic E-state index is 12.2. The normalized spacial score (nSPS) is 10.5. The lowest BCUT2D eigenvalue weighted by Crippen LogP contribution is -2.21. The molecule has 2 aromatic heterocycles. The molecule has 6 nitrogen and oxygen atoms in total. The van der Waals surface area contributed by atoms with Crippen LogP contribution in [0.2, 0.25) is 0 Å². The van der Waals surface area contributed by atoms with Crippen LogP contribution < -0.4 is 5.32 Å². The van der Waals surface area contributed by atoms with Gasteiger partial charge in [0, 0.05) is 4.88 Å². The highest BCUT2D eigenvalue weighted by molar-refractivity contribution is 7.16. The lowest BCUT2D eigenvalue weighted by Gasteiger charge is -2.08. The van der Waals surface area contributed by atoms with E-state index in [1.165, 1.54) is 22.7 Å². The third-order valence-electron chi connectivity index (χ3n) is 3.68. The molecule has 8 heteroatoms. The van der Waals surface area contributed by atoms with Gasteiger partial charge in [0.1, 0.15) is 9.88 Å². The van der Waals surface area contributed by atoms with E-state index in [1.54, 1.807) is 19.2 Å². The summed E-state index contributed by atoms with van der Waals surface area (Å²) in [7, 11) is 0. The van der Waals surface area contributed by atoms with Crippen LogP contribution in [-0.2, 0) is 20.7 Å². The fourth-order valence-corrected chi connectivity index (χ4v) is 4.42. The van der Waals surface area contributed by atoms with Crippen molar-refractivity contribution >= 4 is 45.5 Å². The van der Waals surface area contributed by atoms with E-state index in [-0.39, 0.29) is 6.61 Å². The average molecular weight is 396 g/mol. The van der Waals surface area contributed by atoms with Gasteiger partial charge in [-0.15, -0.1) is 22.7 Å². The van der Waals surface area contributed by atoms with Crippen molar-refractivity contribution in [2.75, 3.05) is 18.5 Å². The first-order chi connectivity index (χ1) is 12.4. The summed E-state index contributed by atoms with van der Waals surface area (Å²) >= 11 is 2.58. The number of aryl methyl sites for hydroxylation is 2. The number of hydrogen-bond acceptors (Lipinski definition) is 7. The quantitative estimate of drug-likeness (QED) is 0.718. The summed E-state index contributed by atoms with van der Waals surface area (Å²) in [5.74, 6) is -1.49. The Kier molecular flexibility index (Phi) is 6.93. The van der Waals surface area contributed by atoms with Gasteiger partial charge in [0.2, 0.25) is 0 Å². The van der Waals surface area contributed by atoms with Crippen molar-refractivity contribution in [3.8, 4) is 0 Å². The highest BCUT2D eigenvalue weighted by atomic mass is 32.1. The molecule has 0 bridgehead atoms. The van der Waals surface area contributed by atoms with Crippen LogP contribution in [-0.4, -0.2) is 31.1 Å². The minimum absolute atomic E-state index is 0.252. The summed E-state index contributed by atoms with van der Waals surface area (Å²) in [6.07, 6.45) is 0.652. The first kappa shape index (κ1) is 20.1. The number of rotatable bonds is 7. The number of carbonyl (C=O) groups is 3. The van der Waals surface area contributed by atoms with Crippen LogP contribution in [0.4, 0.5) is 5.00 Å². The van der Waals surface area contributed by atoms with Crippen LogP contribution >= 0.6 is 22.7 Å². The molecule has 0 aliphatic rings. The Bertz CT molecular complexity index is 822. The molecule has 2 aromatic rings. The van der Waals surface area contributed by atoms with Crippen molar-refractivity contribution in [3.63, 3.8) is 0 Å². The molecule has 0 saturated heterocycles. The standard InChI is InChI=1S/C18H21NO5S2/c1-5-12-11(4)26-16(14(12)17(21)23-6-2)19-13(20)9-24-18(22)15-10(3)7-8-25-15/h7-8H,5-6,9H2,1-4H3,(H,19,20). The third-order valence-corrected chi connectivity index (χ3v) is 5.74. The summed E-state index contributed by atoms with van der Waals surface area (Å²) in [5, 5.41) is 4.88. The van der Waals surface area contributed by atoms with Gasteiger partial charge in [-0.1, -0.05) is 6.92 Å². The Hall–Kier alpha value is -2.19. The SMILES string of the molecule is CCOC(=O)c1c(NC(=O)COC(=O)c2sccc2C)sc(C)c1CC. The van der Waals surface area contributed by atoms with Gasteiger partial charge in [0.15, 0.2) is 6.61 Å². The molecular weight excluding hydrogens is 374 g/mol. The van der Waals surface area contributed by atoms with Gasteiger partial charge in [-0.3, -0.25) is 4.79 Å². The number of esters is 2. The molecule has 0 saturated carbocycles. The van der Waals surface area contributed by atoms with Gasteiger partial charge in [0.25, 0.3) is 5.91 Å². The second kappa shape index (κ2) is 8.95. The van der Waals surface area contributed by atoms with Crippen LogP contribution in [0, 0.1) is 13.8 Å². The molecule has 0 aromatic carbocycles. The molecule has 0 aliphatic heterocycles. The lowest BCUT2D eigenvalue weighted by atomic mass is 10.1. The van der Waals surface area contributed by atoms with E-state index in [0.717, 1.165) is 16.0 Å². The molecule has 140 valence electrons. The summed E-state index contributed by atoms with van der Waals surface area (Å²) in [4.78, 5) is 37.8. The lowest BCUT2D eigenvalue weighted by molar-refractivity contribution is -0.119. The van der Waals surface area contributed by atoms with Gasteiger partial charge >= 0.3 is 11.9 Å².